The van der Waals surface area contributed by atoms with Crippen LogP contribution in [0.4, 0.5) is 0 Å². The Morgan fingerprint density at radius 1 is 1.35 bits per heavy atom. The molecule has 0 bridgehead atoms. The Morgan fingerprint density at radius 3 is 2.87 bits per heavy atom. The van der Waals surface area contributed by atoms with Gasteiger partial charge in [-0.3, -0.25) is 9.59 Å². The average Bonchev–Trinajstić information content (AvgIpc) is 3.21. The van der Waals surface area contributed by atoms with Crippen LogP contribution in [0.3, 0.4) is 0 Å². The van der Waals surface area contributed by atoms with E-state index in [-0.39, 0.29) is 11.5 Å². The van der Waals surface area contributed by atoms with Crippen molar-refractivity contribution in [2.75, 3.05) is 13.1 Å². The summed E-state index contributed by atoms with van der Waals surface area (Å²) >= 11 is 0. The van der Waals surface area contributed by atoms with Crippen LogP contribution in [0.1, 0.15) is 30.1 Å². The second kappa shape index (κ2) is 5.36. The van der Waals surface area contributed by atoms with Crippen molar-refractivity contribution in [3.05, 3.63) is 46.9 Å². The summed E-state index contributed by atoms with van der Waals surface area (Å²) in [6.07, 6.45) is 6.04. The zero-order valence-electron chi connectivity index (χ0n) is 13.6. The van der Waals surface area contributed by atoms with Crippen LogP contribution in [0.5, 0.6) is 0 Å². The lowest BCUT2D eigenvalue weighted by Crippen LogP contribution is -2.34. The first-order chi connectivity index (χ1) is 11.1. The molecule has 6 unspecified atom stereocenters. The number of nitrogens with one attached hydrogen (secondary N) is 1. The lowest BCUT2D eigenvalue weighted by Gasteiger charge is -2.36. The van der Waals surface area contributed by atoms with Crippen molar-refractivity contribution >= 4 is 5.91 Å². The molecule has 1 saturated heterocycles. The number of hydrogen-bond acceptors (Lipinski definition) is 2. The van der Waals surface area contributed by atoms with Crippen LogP contribution in [-0.2, 0) is 0 Å². The molecule has 2 heterocycles. The van der Waals surface area contributed by atoms with E-state index in [1.807, 2.05) is 11.0 Å². The number of hydrogen-bond donors (Lipinski definition) is 1. The van der Waals surface area contributed by atoms with Crippen molar-refractivity contribution in [3.8, 4) is 0 Å². The molecular weight excluding hydrogens is 288 g/mol. The van der Waals surface area contributed by atoms with Crippen LogP contribution in [0.15, 0.2) is 35.8 Å². The van der Waals surface area contributed by atoms with Crippen LogP contribution >= 0.6 is 0 Å². The quantitative estimate of drug-likeness (QED) is 0.872. The molecule has 2 aliphatic carbocycles. The number of pyridine rings is 1. The molecule has 122 valence electrons. The van der Waals surface area contributed by atoms with Crippen LogP contribution < -0.4 is 5.56 Å². The minimum Gasteiger partial charge on any atom is -0.338 e. The number of rotatable bonds is 3. The summed E-state index contributed by atoms with van der Waals surface area (Å²) in [4.78, 5) is 28.8. The topological polar surface area (TPSA) is 53.2 Å². The summed E-state index contributed by atoms with van der Waals surface area (Å²) in [5, 5.41) is 0. The number of aromatic nitrogens is 1. The summed E-state index contributed by atoms with van der Waals surface area (Å²) < 4.78 is 0. The number of nitrogens with zero attached hydrogens (tertiary/aromatic N) is 1. The molecule has 3 aliphatic rings. The van der Waals surface area contributed by atoms with Crippen LogP contribution in [0.2, 0.25) is 0 Å². The van der Waals surface area contributed by atoms with Crippen molar-refractivity contribution in [1.29, 1.82) is 0 Å². The highest BCUT2D eigenvalue weighted by atomic mass is 16.2. The van der Waals surface area contributed by atoms with Crippen LogP contribution in [-0.4, -0.2) is 28.9 Å². The van der Waals surface area contributed by atoms with Gasteiger partial charge in [0.15, 0.2) is 0 Å². The first kappa shape index (κ1) is 14.7. The van der Waals surface area contributed by atoms with Crippen LogP contribution in [0.25, 0.3) is 0 Å². The van der Waals surface area contributed by atoms with E-state index < -0.39 is 0 Å². The first-order valence-corrected chi connectivity index (χ1v) is 8.69. The standard InChI is InChI=1S/C19H24N2O2/c1-3-4-13-15-8-14(15)11(2)16-9-21(10-17(13)16)19(23)12-5-6-20-18(22)7-12/h3,5-7,11,13-17H,1,4,8-10H2,2H3,(H,20,22). The van der Waals surface area contributed by atoms with E-state index >= 15 is 0 Å². The zero-order chi connectivity index (χ0) is 16.1. The van der Waals surface area contributed by atoms with Gasteiger partial charge in [-0.25, -0.2) is 0 Å². The maximum absolute atomic E-state index is 12.8. The van der Waals surface area contributed by atoms with Gasteiger partial charge in [0, 0.05) is 30.9 Å². The summed E-state index contributed by atoms with van der Waals surface area (Å²) in [6, 6.07) is 3.11. The third-order valence-electron chi connectivity index (χ3n) is 6.50. The molecular formula is C19H24N2O2. The van der Waals surface area contributed by atoms with E-state index in [0.717, 1.165) is 31.3 Å². The lowest BCUT2D eigenvalue weighted by atomic mass is 9.68. The van der Waals surface area contributed by atoms with E-state index in [0.29, 0.717) is 29.2 Å². The molecule has 1 N–H and O–H groups in total. The Kier molecular flexibility index (Phi) is 3.43. The Hall–Kier alpha value is -1.84. The van der Waals surface area contributed by atoms with Gasteiger partial charge in [0.1, 0.15) is 0 Å². The molecule has 2 saturated carbocycles. The monoisotopic (exact) mass is 312 g/mol. The number of carbonyl (C=O) groups excluding carboxylic acids is 1. The number of likely N-dealkylation sites (tertiary alicyclic amines) is 1. The lowest BCUT2D eigenvalue weighted by molar-refractivity contribution is 0.0779. The summed E-state index contributed by atoms with van der Waals surface area (Å²) in [6.45, 7) is 7.98. The maximum atomic E-state index is 12.8. The fourth-order valence-corrected chi connectivity index (χ4v) is 5.30. The van der Waals surface area contributed by atoms with Gasteiger partial charge >= 0.3 is 0 Å². The molecule has 23 heavy (non-hydrogen) atoms. The fraction of sp³-hybridized carbons (Fsp3) is 0.579. The Labute approximate surface area is 136 Å². The van der Waals surface area contributed by atoms with Crippen molar-refractivity contribution in [3.63, 3.8) is 0 Å². The highest BCUT2D eigenvalue weighted by Crippen LogP contribution is 2.62. The summed E-state index contributed by atoms with van der Waals surface area (Å²) in [7, 11) is 0. The van der Waals surface area contributed by atoms with Gasteiger partial charge in [-0.1, -0.05) is 13.0 Å². The van der Waals surface area contributed by atoms with Gasteiger partial charge in [0.2, 0.25) is 5.56 Å². The largest absolute Gasteiger partial charge is 0.338 e. The van der Waals surface area contributed by atoms with Gasteiger partial charge in [-0.2, -0.15) is 0 Å². The van der Waals surface area contributed by atoms with E-state index in [1.165, 1.54) is 12.5 Å². The number of carbonyl (C=O) groups is 1. The Morgan fingerprint density at radius 2 is 2.13 bits per heavy atom. The normalized spacial score (nSPS) is 37.9. The minimum absolute atomic E-state index is 0.00345. The highest BCUT2D eigenvalue weighted by Gasteiger charge is 2.58. The van der Waals surface area contributed by atoms with Crippen molar-refractivity contribution in [2.24, 2.45) is 35.5 Å². The number of fused-ring (bicyclic) bond motifs is 2. The summed E-state index contributed by atoms with van der Waals surface area (Å²) in [5.74, 6) is 4.31. The predicted octanol–water partition coefficient (Wildman–Crippen LogP) is 2.54. The third kappa shape index (κ3) is 2.35. The maximum Gasteiger partial charge on any atom is 0.254 e. The predicted molar refractivity (Wildman–Crippen MR) is 89.0 cm³/mol. The number of H-pyrrole nitrogens is 1. The molecule has 0 radical (unpaired) electrons. The van der Waals surface area contributed by atoms with E-state index in [9.17, 15) is 9.59 Å². The van der Waals surface area contributed by atoms with E-state index in [4.69, 9.17) is 0 Å². The summed E-state index contributed by atoms with van der Waals surface area (Å²) in [5.41, 5.74) is 0.289. The molecule has 4 rings (SSSR count). The first-order valence-electron chi connectivity index (χ1n) is 8.69. The second-order valence-corrected chi connectivity index (χ2v) is 7.59. The minimum atomic E-state index is -0.216. The Bertz CT molecular complexity index is 695. The molecule has 1 aromatic rings. The van der Waals surface area contributed by atoms with Gasteiger partial charge in [-0.15, -0.1) is 6.58 Å². The van der Waals surface area contributed by atoms with Gasteiger partial charge in [-0.05, 0) is 54.4 Å². The molecule has 6 atom stereocenters. The molecule has 3 fully saturated rings. The number of allylic oxidation sites excluding steroid dienone is 1. The molecule has 4 heteroatoms. The zero-order valence-corrected chi connectivity index (χ0v) is 13.6. The van der Waals surface area contributed by atoms with Crippen LogP contribution in [0, 0.1) is 35.5 Å². The average molecular weight is 312 g/mol. The van der Waals surface area contributed by atoms with Gasteiger partial charge in [0.25, 0.3) is 5.91 Å². The molecule has 0 aromatic carbocycles. The molecule has 1 aliphatic heterocycles. The fourth-order valence-electron chi connectivity index (χ4n) is 5.30. The molecule has 1 aromatic heterocycles. The molecule has 1 amide bonds. The number of aromatic amines is 1. The third-order valence-corrected chi connectivity index (χ3v) is 6.50. The van der Waals surface area contributed by atoms with Crippen molar-refractivity contribution in [2.45, 2.75) is 19.8 Å². The van der Waals surface area contributed by atoms with Gasteiger partial charge in [0.05, 0.1) is 0 Å². The number of amides is 1. The second-order valence-electron chi connectivity index (χ2n) is 7.59. The van der Waals surface area contributed by atoms with Gasteiger partial charge < -0.3 is 9.88 Å². The smallest absolute Gasteiger partial charge is 0.254 e. The van der Waals surface area contributed by atoms with E-state index in [1.54, 1.807) is 12.3 Å². The Balaban J connectivity index is 1.56. The van der Waals surface area contributed by atoms with Crippen molar-refractivity contribution in [1.82, 2.24) is 9.88 Å². The highest BCUT2D eigenvalue weighted by molar-refractivity contribution is 5.94. The molecule has 0 spiro atoms. The van der Waals surface area contributed by atoms with E-state index in [2.05, 4.69) is 18.5 Å². The SMILES string of the molecule is C=CCC1C2CC2C(C)C2CN(C(=O)c3cc[nH]c(=O)c3)CC21. The molecule has 4 nitrogen and oxygen atoms in total. The van der Waals surface area contributed by atoms with Crippen molar-refractivity contribution < 1.29 is 4.79 Å².